The minimum atomic E-state index is -3.29. The van der Waals surface area contributed by atoms with Gasteiger partial charge in [0.15, 0.2) is 0 Å². The summed E-state index contributed by atoms with van der Waals surface area (Å²) in [5.41, 5.74) is 2.20. The summed E-state index contributed by atoms with van der Waals surface area (Å²) in [4.78, 5) is 8.37. The van der Waals surface area contributed by atoms with Gasteiger partial charge < -0.3 is 4.52 Å². The standard InChI is InChI=1S/C15H14N4O3S/c1-23(20,21)19-13-6-4-12(5-7-13)15-17-14(22-18-15)9-11-3-2-8-16-10-11/h2-8,10,19H,9H2,1H3. The van der Waals surface area contributed by atoms with Crippen molar-refractivity contribution >= 4 is 15.7 Å². The van der Waals surface area contributed by atoms with Gasteiger partial charge in [0, 0.05) is 23.6 Å². The van der Waals surface area contributed by atoms with Gasteiger partial charge in [-0.1, -0.05) is 11.2 Å². The summed E-state index contributed by atoms with van der Waals surface area (Å²) in [7, 11) is -3.29. The highest BCUT2D eigenvalue weighted by Gasteiger charge is 2.10. The molecule has 23 heavy (non-hydrogen) atoms. The van der Waals surface area contributed by atoms with Crippen molar-refractivity contribution in [2.45, 2.75) is 6.42 Å². The molecule has 8 heteroatoms. The number of anilines is 1. The van der Waals surface area contributed by atoms with Gasteiger partial charge in [-0.25, -0.2) is 8.42 Å². The van der Waals surface area contributed by atoms with E-state index < -0.39 is 10.0 Å². The molecule has 0 saturated carbocycles. The van der Waals surface area contributed by atoms with Crippen molar-refractivity contribution in [3.05, 3.63) is 60.2 Å². The molecule has 0 bridgehead atoms. The number of benzene rings is 1. The highest BCUT2D eigenvalue weighted by molar-refractivity contribution is 7.92. The molecule has 0 atom stereocenters. The van der Waals surface area contributed by atoms with E-state index in [1.165, 1.54) is 0 Å². The third-order valence-corrected chi connectivity index (χ3v) is 3.60. The lowest BCUT2D eigenvalue weighted by atomic mass is 10.2. The number of hydrogen-bond donors (Lipinski definition) is 1. The van der Waals surface area contributed by atoms with E-state index in [4.69, 9.17) is 4.52 Å². The Morgan fingerprint density at radius 3 is 2.61 bits per heavy atom. The zero-order valence-electron chi connectivity index (χ0n) is 12.3. The minimum Gasteiger partial charge on any atom is -0.339 e. The molecule has 0 spiro atoms. The van der Waals surface area contributed by atoms with Crippen LogP contribution in [0.15, 0.2) is 53.3 Å². The molecule has 0 aliphatic rings. The number of sulfonamides is 1. The highest BCUT2D eigenvalue weighted by atomic mass is 32.2. The molecule has 118 valence electrons. The van der Waals surface area contributed by atoms with E-state index >= 15 is 0 Å². The van der Waals surface area contributed by atoms with Gasteiger partial charge in [-0.2, -0.15) is 4.98 Å². The van der Waals surface area contributed by atoms with Gasteiger partial charge >= 0.3 is 0 Å². The molecule has 7 nitrogen and oxygen atoms in total. The van der Waals surface area contributed by atoms with Crippen LogP contribution in [0, 0.1) is 0 Å². The van der Waals surface area contributed by atoms with Crippen LogP contribution in [-0.2, 0) is 16.4 Å². The Kier molecular flexibility index (Phi) is 4.07. The van der Waals surface area contributed by atoms with Gasteiger partial charge in [-0.15, -0.1) is 0 Å². The number of pyridine rings is 1. The molecule has 1 aromatic carbocycles. The molecule has 2 aromatic heterocycles. The van der Waals surface area contributed by atoms with E-state index in [-0.39, 0.29) is 0 Å². The third-order valence-electron chi connectivity index (χ3n) is 2.99. The van der Waals surface area contributed by atoms with Gasteiger partial charge in [0.25, 0.3) is 0 Å². The van der Waals surface area contributed by atoms with Crippen LogP contribution in [0.3, 0.4) is 0 Å². The van der Waals surface area contributed by atoms with E-state index in [0.29, 0.717) is 23.8 Å². The largest absolute Gasteiger partial charge is 0.339 e. The predicted octanol–water partition coefficient (Wildman–Crippen LogP) is 2.09. The first-order valence-electron chi connectivity index (χ1n) is 6.79. The second-order valence-electron chi connectivity index (χ2n) is 5.00. The molecule has 2 heterocycles. The first-order valence-corrected chi connectivity index (χ1v) is 8.68. The second-order valence-corrected chi connectivity index (χ2v) is 6.75. The normalized spacial score (nSPS) is 11.3. The fourth-order valence-corrected chi connectivity index (χ4v) is 2.59. The quantitative estimate of drug-likeness (QED) is 0.769. The van der Waals surface area contributed by atoms with E-state index in [9.17, 15) is 8.42 Å². The first kappa shape index (κ1) is 15.2. The molecule has 0 aliphatic heterocycles. The van der Waals surface area contributed by atoms with Crippen LogP contribution in [0.1, 0.15) is 11.5 Å². The molecule has 0 radical (unpaired) electrons. The fraction of sp³-hybridized carbons (Fsp3) is 0.133. The Balaban J connectivity index is 1.75. The van der Waals surface area contributed by atoms with Crippen molar-refractivity contribution in [3.8, 4) is 11.4 Å². The maximum Gasteiger partial charge on any atom is 0.231 e. The Morgan fingerprint density at radius 1 is 1.17 bits per heavy atom. The van der Waals surface area contributed by atoms with Gasteiger partial charge in [0.1, 0.15) is 0 Å². The van der Waals surface area contributed by atoms with E-state index in [2.05, 4.69) is 19.8 Å². The number of nitrogens with zero attached hydrogens (tertiary/aromatic N) is 3. The highest BCUT2D eigenvalue weighted by Crippen LogP contribution is 2.20. The van der Waals surface area contributed by atoms with E-state index in [1.807, 2.05) is 12.1 Å². The molecule has 0 unspecified atom stereocenters. The van der Waals surface area contributed by atoms with Crippen LogP contribution in [0.4, 0.5) is 5.69 Å². The lowest BCUT2D eigenvalue weighted by molar-refractivity contribution is 0.385. The molecule has 0 aliphatic carbocycles. The lowest BCUT2D eigenvalue weighted by Crippen LogP contribution is -2.09. The molecule has 0 fully saturated rings. The molecule has 3 aromatic rings. The maximum absolute atomic E-state index is 11.2. The van der Waals surface area contributed by atoms with Crippen LogP contribution in [-0.4, -0.2) is 29.8 Å². The Morgan fingerprint density at radius 2 is 1.96 bits per heavy atom. The number of hydrogen-bond acceptors (Lipinski definition) is 6. The van der Waals surface area contributed by atoms with Gasteiger partial charge in [0.2, 0.25) is 21.7 Å². The SMILES string of the molecule is CS(=O)(=O)Nc1ccc(-c2noc(Cc3cccnc3)n2)cc1. The average molecular weight is 330 g/mol. The monoisotopic (exact) mass is 330 g/mol. The summed E-state index contributed by atoms with van der Waals surface area (Å²) >= 11 is 0. The van der Waals surface area contributed by atoms with Crippen molar-refractivity contribution in [2.24, 2.45) is 0 Å². The average Bonchev–Trinajstić information content (AvgIpc) is 2.96. The topological polar surface area (TPSA) is 98.0 Å². The molecule has 0 saturated heterocycles. The number of nitrogens with one attached hydrogen (secondary N) is 1. The minimum absolute atomic E-state index is 0.454. The molecular formula is C15H14N4O3S. The van der Waals surface area contributed by atoms with Gasteiger partial charge in [-0.3, -0.25) is 9.71 Å². The van der Waals surface area contributed by atoms with Crippen LogP contribution in [0.2, 0.25) is 0 Å². The van der Waals surface area contributed by atoms with Crippen molar-refractivity contribution in [1.29, 1.82) is 0 Å². The van der Waals surface area contributed by atoms with E-state index in [0.717, 1.165) is 17.4 Å². The summed E-state index contributed by atoms with van der Waals surface area (Å²) in [6, 6.07) is 10.5. The molecular weight excluding hydrogens is 316 g/mol. The molecule has 0 amide bonds. The second kappa shape index (κ2) is 6.17. The van der Waals surface area contributed by atoms with Crippen molar-refractivity contribution < 1.29 is 12.9 Å². The van der Waals surface area contributed by atoms with Crippen molar-refractivity contribution in [2.75, 3.05) is 11.0 Å². The van der Waals surface area contributed by atoms with E-state index in [1.54, 1.807) is 36.7 Å². The van der Waals surface area contributed by atoms with Gasteiger partial charge in [0.05, 0.1) is 12.7 Å². The van der Waals surface area contributed by atoms with Crippen LogP contribution < -0.4 is 4.72 Å². The van der Waals surface area contributed by atoms with Crippen LogP contribution in [0.5, 0.6) is 0 Å². The summed E-state index contributed by atoms with van der Waals surface area (Å²) in [6.07, 6.45) is 5.06. The Hall–Kier alpha value is -2.74. The molecule has 1 N–H and O–H groups in total. The van der Waals surface area contributed by atoms with Gasteiger partial charge in [-0.05, 0) is 35.9 Å². The fourth-order valence-electron chi connectivity index (χ4n) is 2.02. The zero-order chi connectivity index (χ0) is 16.3. The van der Waals surface area contributed by atoms with Crippen molar-refractivity contribution in [3.63, 3.8) is 0 Å². The lowest BCUT2D eigenvalue weighted by Gasteiger charge is -2.03. The zero-order valence-corrected chi connectivity index (χ0v) is 13.1. The first-order chi connectivity index (χ1) is 11.0. The third kappa shape index (κ3) is 4.13. The summed E-state index contributed by atoms with van der Waals surface area (Å²) < 4.78 is 30.0. The predicted molar refractivity (Wildman–Crippen MR) is 85.2 cm³/mol. The Labute approximate surface area is 133 Å². The smallest absolute Gasteiger partial charge is 0.231 e. The Bertz CT molecular complexity index is 890. The van der Waals surface area contributed by atoms with Crippen LogP contribution >= 0.6 is 0 Å². The summed E-state index contributed by atoms with van der Waals surface area (Å²) in [5, 5.41) is 3.94. The number of rotatable bonds is 5. The molecule has 3 rings (SSSR count). The summed E-state index contributed by atoms with van der Waals surface area (Å²) in [6.45, 7) is 0. The number of aromatic nitrogens is 3. The summed E-state index contributed by atoms with van der Waals surface area (Å²) in [5.74, 6) is 0.945. The van der Waals surface area contributed by atoms with Crippen molar-refractivity contribution in [1.82, 2.24) is 15.1 Å². The maximum atomic E-state index is 11.2. The van der Waals surface area contributed by atoms with Crippen LogP contribution in [0.25, 0.3) is 11.4 Å².